The molecule has 4 rings (SSSR count). The third kappa shape index (κ3) is 4.39. The molecule has 1 aromatic carbocycles. The normalized spacial score (nSPS) is 16.5. The maximum atomic E-state index is 15.0. The van der Waals surface area contributed by atoms with Crippen molar-refractivity contribution in [2.24, 2.45) is 0 Å². The molecule has 31 heavy (non-hydrogen) atoms. The summed E-state index contributed by atoms with van der Waals surface area (Å²) in [5.41, 5.74) is 0.166. The van der Waals surface area contributed by atoms with Crippen LogP contribution in [0.1, 0.15) is 18.9 Å². The van der Waals surface area contributed by atoms with Crippen molar-refractivity contribution in [3.8, 4) is 5.75 Å². The number of hydrogen-bond donors (Lipinski definition) is 1. The summed E-state index contributed by atoms with van der Waals surface area (Å²) in [4.78, 5) is 38.9. The zero-order valence-electron chi connectivity index (χ0n) is 16.6. The summed E-state index contributed by atoms with van der Waals surface area (Å²) in [6, 6.07) is 2.84. The topological polar surface area (TPSA) is 101 Å². The summed E-state index contributed by atoms with van der Waals surface area (Å²) >= 11 is 5.53. The van der Waals surface area contributed by atoms with Gasteiger partial charge >= 0.3 is 12.2 Å². The molecule has 1 amide bonds. The minimum absolute atomic E-state index is 0.0650. The van der Waals surface area contributed by atoms with Crippen LogP contribution in [0.15, 0.2) is 23.1 Å². The first kappa shape index (κ1) is 21.2. The Balaban J connectivity index is 1.64. The molecular formula is C20H21ClFN3O6. The largest absolute Gasteiger partial charge is 0.511 e. The molecule has 1 aliphatic carbocycles. The van der Waals surface area contributed by atoms with E-state index in [0.29, 0.717) is 37.4 Å². The Hall–Kier alpha value is -3.01. The Kier molecular flexibility index (Phi) is 5.90. The summed E-state index contributed by atoms with van der Waals surface area (Å²) in [6.07, 6.45) is 1.08. The Morgan fingerprint density at radius 1 is 1.19 bits per heavy atom. The number of carbonyl (C=O) groups excluding carboxylic acids is 1. The maximum Gasteiger partial charge on any atom is 0.511 e. The molecule has 0 unspecified atom stereocenters. The van der Waals surface area contributed by atoms with Crippen LogP contribution in [-0.4, -0.2) is 65.5 Å². The summed E-state index contributed by atoms with van der Waals surface area (Å²) in [5.74, 6) is -0.726. The van der Waals surface area contributed by atoms with Crippen molar-refractivity contribution in [1.82, 2.24) is 9.47 Å². The van der Waals surface area contributed by atoms with Crippen molar-refractivity contribution in [2.45, 2.75) is 18.9 Å². The number of benzene rings is 1. The third-order valence-corrected chi connectivity index (χ3v) is 5.54. The SMILES string of the molecule is O=C(O)Oc1cn(C2CC2)c2cc(N3CCN(C(=O)OCCCl)CC3)c(F)cc2c1=O. The van der Waals surface area contributed by atoms with Gasteiger partial charge in [-0.3, -0.25) is 4.79 Å². The van der Waals surface area contributed by atoms with Gasteiger partial charge < -0.3 is 28.9 Å². The molecule has 1 saturated carbocycles. The predicted octanol–water partition coefficient (Wildman–Crippen LogP) is 3.03. The molecule has 2 fully saturated rings. The van der Waals surface area contributed by atoms with Gasteiger partial charge in [0.05, 0.1) is 28.7 Å². The van der Waals surface area contributed by atoms with Crippen LogP contribution in [0.3, 0.4) is 0 Å². The zero-order valence-corrected chi connectivity index (χ0v) is 17.3. The molecule has 2 aliphatic rings. The molecule has 1 saturated heterocycles. The van der Waals surface area contributed by atoms with Gasteiger partial charge in [0.15, 0.2) is 5.75 Å². The molecule has 166 valence electrons. The lowest BCUT2D eigenvalue weighted by molar-refractivity contribution is 0.105. The average molecular weight is 454 g/mol. The molecule has 2 heterocycles. The number of carboxylic acid groups (broad SMARTS) is 1. The minimum atomic E-state index is -1.60. The first-order valence-corrected chi connectivity index (χ1v) is 10.4. The standard InChI is InChI=1S/C20H21ClFN3O6/c21-3-8-30-19(27)24-6-4-23(5-7-24)16-10-15-13(9-14(16)22)18(26)17(31-20(28)29)11-25(15)12-1-2-12/h9-12H,1-8H2,(H,28,29). The van der Waals surface area contributed by atoms with Crippen LogP contribution in [0.2, 0.25) is 0 Å². The number of ether oxygens (including phenoxy) is 2. The van der Waals surface area contributed by atoms with Crippen LogP contribution < -0.4 is 15.1 Å². The van der Waals surface area contributed by atoms with Gasteiger partial charge in [0, 0.05) is 32.2 Å². The maximum absolute atomic E-state index is 15.0. The van der Waals surface area contributed by atoms with E-state index < -0.39 is 23.5 Å². The number of halogens is 2. The second-order valence-electron chi connectivity index (χ2n) is 7.43. The number of aromatic nitrogens is 1. The Morgan fingerprint density at radius 3 is 2.52 bits per heavy atom. The second-order valence-corrected chi connectivity index (χ2v) is 7.81. The molecule has 11 heteroatoms. The molecule has 1 aliphatic heterocycles. The number of carbonyl (C=O) groups is 2. The average Bonchev–Trinajstić information content (AvgIpc) is 3.59. The van der Waals surface area contributed by atoms with Crippen LogP contribution in [-0.2, 0) is 4.74 Å². The number of pyridine rings is 1. The summed E-state index contributed by atoms with van der Waals surface area (Å²) < 4.78 is 26.4. The van der Waals surface area contributed by atoms with Gasteiger partial charge in [-0.2, -0.15) is 0 Å². The van der Waals surface area contributed by atoms with Gasteiger partial charge in [-0.25, -0.2) is 14.0 Å². The highest BCUT2D eigenvalue weighted by atomic mass is 35.5. The Labute approximate surface area is 181 Å². The van der Waals surface area contributed by atoms with Gasteiger partial charge in [0.2, 0.25) is 5.43 Å². The van der Waals surface area contributed by atoms with E-state index in [9.17, 15) is 18.8 Å². The van der Waals surface area contributed by atoms with Crippen LogP contribution >= 0.6 is 11.6 Å². The van der Waals surface area contributed by atoms with E-state index >= 15 is 0 Å². The van der Waals surface area contributed by atoms with E-state index in [-0.39, 0.29) is 29.7 Å². The molecule has 0 atom stereocenters. The lowest BCUT2D eigenvalue weighted by atomic mass is 10.1. The fourth-order valence-corrected chi connectivity index (χ4v) is 3.82. The molecule has 0 radical (unpaired) electrons. The van der Waals surface area contributed by atoms with E-state index in [4.69, 9.17) is 21.4 Å². The first-order valence-electron chi connectivity index (χ1n) is 9.91. The van der Waals surface area contributed by atoms with Crippen molar-refractivity contribution in [1.29, 1.82) is 0 Å². The van der Waals surface area contributed by atoms with Crippen molar-refractivity contribution in [2.75, 3.05) is 43.6 Å². The second kappa shape index (κ2) is 8.62. The molecule has 2 aromatic rings. The zero-order chi connectivity index (χ0) is 22.1. The highest BCUT2D eigenvalue weighted by Crippen LogP contribution is 2.39. The molecule has 0 spiro atoms. The lowest BCUT2D eigenvalue weighted by Crippen LogP contribution is -2.49. The van der Waals surface area contributed by atoms with Gasteiger partial charge in [0.25, 0.3) is 0 Å². The highest BCUT2D eigenvalue weighted by Gasteiger charge is 2.29. The van der Waals surface area contributed by atoms with Crippen molar-refractivity contribution >= 4 is 40.4 Å². The van der Waals surface area contributed by atoms with E-state index in [1.807, 2.05) is 4.90 Å². The number of rotatable bonds is 5. The summed E-state index contributed by atoms with van der Waals surface area (Å²) in [5, 5.41) is 8.96. The van der Waals surface area contributed by atoms with Crippen LogP contribution in [0, 0.1) is 5.82 Å². The quantitative estimate of drug-likeness (QED) is 0.548. The van der Waals surface area contributed by atoms with Crippen LogP contribution in [0.25, 0.3) is 10.9 Å². The van der Waals surface area contributed by atoms with Crippen molar-refractivity contribution < 1.29 is 28.6 Å². The first-order chi connectivity index (χ1) is 14.9. The van der Waals surface area contributed by atoms with Gasteiger partial charge in [0.1, 0.15) is 12.4 Å². The number of anilines is 1. The minimum Gasteiger partial charge on any atom is -0.449 e. The van der Waals surface area contributed by atoms with E-state index in [2.05, 4.69) is 4.74 Å². The van der Waals surface area contributed by atoms with Crippen molar-refractivity contribution in [3.63, 3.8) is 0 Å². The van der Waals surface area contributed by atoms with Gasteiger partial charge in [-0.1, -0.05) is 0 Å². The van der Waals surface area contributed by atoms with E-state index in [1.54, 1.807) is 10.6 Å². The third-order valence-electron chi connectivity index (χ3n) is 5.39. The lowest BCUT2D eigenvalue weighted by Gasteiger charge is -2.35. The van der Waals surface area contributed by atoms with Gasteiger partial charge in [-0.15, -0.1) is 11.6 Å². The molecule has 1 aromatic heterocycles. The van der Waals surface area contributed by atoms with Crippen molar-refractivity contribution in [3.05, 3.63) is 34.4 Å². The number of piperazine rings is 1. The number of nitrogens with zero attached hydrogens (tertiary/aromatic N) is 3. The van der Waals surface area contributed by atoms with E-state index in [0.717, 1.165) is 18.9 Å². The van der Waals surface area contributed by atoms with Crippen LogP contribution in [0.4, 0.5) is 19.7 Å². The smallest absolute Gasteiger partial charge is 0.449 e. The highest BCUT2D eigenvalue weighted by molar-refractivity contribution is 6.18. The predicted molar refractivity (Wildman–Crippen MR) is 111 cm³/mol. The Morgan fingerprint density at radius 2 is 1.90 bits per heavy atom. The summed E-state index contributed by atoms with van der Waals surface area (Å²) in [6.45, 7) is 1.64. The number of amides is 1. The number of alkyl halides is 1. The summed E-state index contributed by atoms with van der Waals surface area (Å²) in [7, 11) is 0. The molecule has 1 N–H and O–H groups in total. The molecule has 0 bridgehead atoms. The number of fused-ring (bicyclic) bond motifs is 1. The van der Waals surface area contributed by atoms with Gasteiger partial charge in [-0.05, 0) is 25.0 Å². The Bertz CT molecular complexity index is 1080. The fraction of sp³-hybridized carbons (Fsp3) is 0.450. The fourth-order valence-electron chi connectivity index (χ4n) is 3.74. The monoisotopic (exact) mass is 453 g/mol. The van der Waals surface area contributed by atoms with E-state index in [1.165, 1.54) is 11.1 Å². The number of hydrogen-bond acceptors (Lipinski definition) is 6. The molecule has 9 nitrogen and oxygen atoms in total. The van der Waals surface area contributed by atoms with Crippen LogP contribution in [0.5, 0.6) is 5.75 Å². The molecular weight excluding hydrogens is 433 g/mol.